The SMILES string of the molecule is CC(C)NC(=O)NC(=O)[C@@H](C)Sc1nnc(Cc2ccccc2)o1. The number of carbonyl (C=O) groups is 2. The average Bonchev–Trinajstić information content (AvgIpc) is 2.94. The van der Waals surface area contributed by atoms with Gasteiger partial charge in [0, 0.05) is 6.04 Å². The van der Waals surface area contributed by atoms with Crippen LogP contribution in [-0.2, 0) is 11.2 Å². The first-order valence-corrected chi connectivity index (χ1v) is 8.46. The Bertz CT molecular complexity index is 688. The van der Waals surface area contributed by atoms with Crippen molar-refractivity contribution in [1.82, 2.24) is 20.8 Å². The number of benzene rings is 1. The van der Waals surface area contributed by atoms with E-state index in [1.165, 1.54) is 0 Å². The molecule has 0 aliphatic rings. The van der Waals surface area contributed by atoms with Crippen LogP contribution < -0.4 is 10.6 Å². The van der Waals surface area contributed by atoms with Crippen LogP contribution in [0.1, 0.15) is 32.2 Å². The smallest absolute Gasteiger partial charge is 0.321 e. The summed E-state index contributed by atoms with van der Waals surface area (Å²) in [6.45, 7) is 5.30. The Kier molecular flexibility index (Phi) is 6.36. The molecule has 0 aliphatic carbocycles. The molecule has 3 amide bonds. The fraction of sp³-hybridized carbons (Fsp3) is 0.375. The molecule has 0 fully saturated rings. The van der Waals surface area contributed by atoms with Crippen LogP contribution in [0.5, 0.6) is 0 Å². The highest BCUT2D eigenvalue weighted by Crippen LogP contribution is 2.22. The van der Waals surface area contributed by atoms with Gasteiger partial charge in [-0.3, -0.25) is 10.1 Å². The minimum atomic E-state index is -0.534. The van der Waals surface area contributed by atoms with Crippen molar-refractivity contribution < 1.29 is 14.0 Å². The zero-order valence-electron chi connectivity index (χ0n) is 13.8. The normalized spacial score (nSPS) is 12.0. The first-order chi connectivity index (χ1) is 11.4. The molecule has 128 valence electrons. The molecule has 2 N–H and O–H groups in total. The van der Waals surface area contributed by atoms with Gasteiger partial charge in [-0.1, -0.05) is 42.1 Å². The summed E-state index contributed by atoms with van der Waals surface area (Å²) < 4.78 is 5.54. The maximum absolute atomic E-state index is 12.0. The largest absolute Gasteiger partial charge is 0.416 e. The van der Waals surface area contributed by atoms with E-state index < -0.39 is 17.2 Å². The molecule has 0 spiro atoms. The van der Waals surface area contributed by atoms with Crippen LogP contribution in [0.2, 0.25) is 0 Å². The molecule has 1 aromatic heterocycles. The topological polar surface area (TPSA) is 97.1 Å². The van der Waals surface area contributed by atoms with Crippen molar-refractivity contribution in [3.8, 4) is 0 Å². The highest BCUT2D eigenvalue weighted by Gasteiger charge is 2.20. The molecule has 7 nitrogen and oxygen atoms in total. The van der Waals surface area contributed by atoms with E-state index in [0.717, 1.165) is 17.3 Å². The monoisotopic (exact) mass is 348 g/mol. The molecule has 0 radical (unpaired) electrons. The lowest BCUT2D eigenvalue weighted by molar-refractivity contribution is -0.119. The van der Waals surface area contributed by atoms with E-state index >= 15 is 0 Å². The van der Waals surface area contributed by atoms with Gasteiger partial charge in [0.15, 0.2) is 0 Å². The summed E-state index contributed by atoms with van der Waals surface area (Å²) in [5.41, 5.74) is 1.06. The second-order valence-corrected chi connectivity index (χ2v) is 6.79. The third-order valence-electron chi connectivity index (χ3n) is 2.95. The van der Waals surface area contributed by atoms with E-state index in [1.807, 2.05) is 44.2 Å². The van der Waals surface area contributed by atoms with E-state index in [2.05, 4.69) is 20.8 Å². The number of hydrogen-bond donors (Lipinski definition) is 2. The van der Waals surface area contributed by atoms with Crippen LogP contribution in [0, 0.1) is 0 Å². The van der Waals surface area contributed by atoms with Gasteiger partial charge in [0.05, 0.1) is 11.7 Å². The number of nitrogens with one attached hydrogen (secondary N) is 2. The van der Waals surface area contributed by atoms with Crippen LogP contribution >= 0.6 is 11.8 Å². The van der Waals surface area contributed by atoms with Crippen LogP contribution in [0.15, 0.2) is 40.0 Å². The standard InChI is InChI=1S/C16H20N4O3S/c1-10(2)17-15(22)18-14(21)11(3)24-16-20-19-13(23-16)9-12-7-5-4-6-8-12/h4-8,10-11H,9H2,1-3H3,(H2,17,18,21,22)/t11-/m1/s1. The Balaban J connectivity index is 1.87. The number of urea groups is 1. The minimum Gasteiger partial charge on any atom is -0.416 e. The number of thioether (sulfide) groups is 1. The molecule has 2 aromatic rings. The maximum atomic E-state index is 12.0. The molecule has 24 heavy (non-hydrogen) atoms. The van der Waals surface area contributed by atoms with Gasteiger partial charge < -0.3 is 9.73 Å². The Hall–Kier alpha value is -2.35. The third-order valence-corrected chi connectivity index (χ3v) is 3.88. The van der Waals surface area contributed by atoms with Gasteiger partial charge in [0.1, 0.15) is 0 Å². The van der Waals surface area contributed by atoms with Gasteiger partial charge in [-0.05, 0) is 26.3 Å². The number of aromatic nitrogens is 2. The zero-order chi connectivity index (χ0) is 17.5. The number of amides is 3. The van der Waals surface area contributed by atoms with Crippen molar-refractivity contribution >= 4 is 23.7 Å². The van der Waals surface area contributed by atoms with Gasteiger partial charge in [-0.2, -0.15) is 0 Å². The highest BCUT2D eigenvalue weighted by molar-refractivity contribution is 8.00. The molecule has 0 aliphatic heterocycles. The Labute approximate surface area is 144 Å². The lowest BCUT2D eigenvalue weighted by Crippen LogP contribution is -2.45. The van der Waals surface area contributed by atoms with Crippen LogP contribution in [0.25, 0.3) is 0 Å². The molecule has 0 saturated carbocycles. The van der Waals surface area contributed by atoms with Gasteiger partial charge in [-0.15, -0.1) is 10.2 Å². The lowest BCUT2D eigenvalue weighted by Gasteiger charge is -2.11. The van der Waals surface area contributed by atoms with Crippen LogP contribution in [0.4, 0.5) is 4.79 Å². The second kappa shape index (κ2) is 8.49. The molecule has 1 heterocycles. The predicted molar refractivity (Wildman–Crippen MR) is 90.7 cm³/mol. The van der Waals surface area contributed by atoms with Crippen molar-refractivity contribution in [2.24, 2.45) is 0 Å². The fourth-order valence-corrected chi connectivity index (χ4v) is 2.54. The van der Waals surface area contributed by atoms with Gasteiger partial charge in [0.2, 0.25) is 11.8 Å². The van der Waals surface area contributed by atoms with Crippen molar-refractivity contribution in [2.45, 2.75) is 43.7 Å². The summed E-state index contributed by atoms with van der Waals surface area (Å²) in [5.74, 6) is 0.0646. The maximum Gasteiger partial charge on any atom is 0.321 e. The summed E-state index contributed by atoms with van der Waals surface area (Å²) in [7, 11) is 0. The molecule has 8 heteroatoms. The first kappa shape index (κ1) is 18.0. The fourth-order valence-electron chi connectivity index (χ4n) is 1.84. The quantitative estimate of drug-likeness (QED) is 0.778. The Morgan fingerprint density at radius 1 is 1.17 bits per heavy atom. The van der Waals surface area contributed by atoms with Crippen LogP contribution in [0.3, 0.4) is 0 Å². The number of hydrogen-bond acceptors (Lipinski definition) is 6. The molecule has 1 aromatic carbocycles. The van der Waals surface area contributed by atoms with Crippen molar-refractivity contribution in [1.29, 1.82) is 0 Å². The summed E-state index contributed by atoms with van der Waals surface area (Å²) in [6, 6.07) is 9.20. The number of carbonyl (C=O) groups excluding carboxylic acids is 2. The number of rotatable bonds is 6. The van der Waals surface area contributed by atoms with Crippen molar-refractivity contribution in [3.05, 3.63) is 41.8 Å². The van der Waals surface area contributed by atoms with Gasteiger partial charge >= 0.3 is 6.03 Å². The summed E-state index contributed by atoms with van der Waals surface area (Å²) in [6.07, 6.45) is 0.534. The van der Waals surface area contributed by atoms with E-state index in [4.69, 9.17) is 4.42 Å². The van der Waals surface area contributed by atoms with Gasteiger partial charge in [-0.25, -0.2) is 4.79 Å². The zero-order valence-corrected chi connectivity index (χ0v) is 14.6. The average molecular weight is 348 g/mol. The predicted octanol–water partition coefficient (Wildman–Crippen LogP) is 2.38. The summed E-state index contributed by atoms with van der Waals surface area (Å²) in [4.78, 5) is 23.5. The minimum absolute atomic E-state index is 0.0442. The second-order valence-electron chi connectivity index (χ2n) is 5.50. The highest BCUT2D eigenvalue weighted by atomic mass is 32.2. The molecule has 0 bridgehead atoms. The molecule has 0 unspecified atom stereocenters. The van der Waals surface area contributed by atoms with Crippen molar-refractivity contribution in [2.75, 3.05) is 0 Å². The third kappa shape index (κ3) is 5.69. The molecule has 0 saturated heterocycles. The summed E-state index contributed by atoms with van der Waals surface area (Å²) in [5, 5.41) is 12.5. The Morgan fingerprint density at radius 2 is 1.88 bits per heavy atom. The summed E-state index contributed by atoms with van der Waals surface area (Å²) >= 11 is 1.11. The van der Waals surface area contributed by atoms with E-state index in [1.54, 1.807) is 6.92 Å². The Morgan fingerprint density at radius 3 is 2.54 bits per heavy atom. The molecule has 2 rings (SSSR count). The lowest BCUT2D eigenvalue weighted by atomic mass is 10.2. The first-order valence-electron chi connectivity index (χ1n) is 7.58. The van der Waals surface area contributed by atoms with E-state index in [9.17, 15) is 9.59 Å². The molecular formula is C16H20N4O3S. The number of imide groups is 1. The van der Waals surface area contributed by atoms with Crippen LogP contribution in [-0.4, -0.2) is 33.4 Å². The van der Waals surface area contributed by atoms with Gasteiger partial charge in [0.25, 0.3) is 5.22 Å². The number of nitrogens with zero attached hydrogens (tertiary/aromatic N) is 2. The molecule has 1 atom stereocenters. The van der Waals surface area contributed by atoms with E-state index in [0.29, 0.717) is 17.5 Å². The van der Waals surface area contributed by atoms with E-state index in [-0.39, 0.29) is 6.04 Å². The molecular weight excluding hydrogens is 328 g/mol. The van der Waals surface area contributed by atoms with Crippen molar-refractivity contribution in [3.63, 3.8) is 0 Å².